The second-order valence-corrected chi connectivity index (χ2v) is 6.67. The molecule has 0 amide bonds. The van der Waals surface area contributed by atoms with Crippen LogP contribution in [0.5, 0.6) is 0 Å². The van der Waals surface area contributed by atoms with Crippen LogP contribution >= 0.6 is 0 Å². The van der Waals surface area contributed by atoms with Gasteiger partial charge >= 0.3 is 11.9 Å². The van der Waals surface area contributed by atoms with Crippen molar-refractivity contribution in [3.05, 3.63) is 12.2 Å². The first-order chi connectivity index (χ1) is 12.1. The van der Waals surface area contributed by atoms with E-state index in [1.165, 1.54) is 52.6 Å². The Morgan fingerprint density at radius 1 is 0.920 bits per heavy atom. The molecule has 0 heterocycles. The van der Waals surface area contributed by atoms with Gasteiger partial charge in [-0.3, -0.25) is 9.59 Å². The van der Waals surface area contributed by atoms with Crippen LogP contribution < -0.4 is 0 Å². The lowest BCUT2D eigenvalue weighted by Gasteiger charge is -2.15. The highest BCUT2D eigenvalue weighted by Gasteiger charge is 2.09. The zero-order valence-electron chi connectivity index (χ0n) is 16.6. The molecule has 0 rings (SSSR count). The molecule has 0 aromatic rings. The van der Waals surface area contributed by atoms with Gasteiger partial charge in [-0.05, 0) is 32.1 Å². The third-order valence-corrected chi connectivity index (χ3v) is 4.26. The van der Waals surface area contributed by atoms with Crippen LogP contribution in [0, 0.1) is 0 Å². The van der Waals surface area contributed by atoms with E-state index >= 15 is 0 Å². The van der Waals surface area contributed by atoms with Gasteiger partial charge in [-0.25, -0.2) is 0 Å². The summed E-state index contributed by atoms with van der Waals surface area (Å²) in [5, 5.41) is 0. The number of allylic oxidation sites excluding steroid dienone is 1. The zero-order valence-corrected chi connectivity index (χ0v) is 16.6. The van der Waals surface area contributed by atoms with Crippen LogP contribution in [0.1, 0.15) is 97.3 Å². The van der Waals surface area contributed by atoms with Crippen molar-refractivity contribution in [3.63, 3.8) is 0 Å². The van der Waals surface area contributed by atoms with Gasteiger partial charge in [-0.2, -0.15) is 0 Å². The van der Waals surface area contributed by atoms with Crippen molar-refractivity contribution in [1.82, 2.24) is 0 Å². The number of carbonyl (C=O) groups excluding carboxylic acids is 2. The fraction of sp³-hybridized carbons (Fsp3) is 0.810. The monoisotopic (exact) mass is 354 g/mol. The van der Waals surface area contributed by atoms with Crippen LogP contribution in [0.2, 0.25) is 0 Å². The van der Waals surface area contributed by atoms with Gasteiger partial charge in [0.05, 0.1) is 7.11 Å². The summed E-state index contributed by atoms with van der Waals surface area (Å²) >= 11 is 0. The molecule has 146 valence electrons. The van der Waals surface area contributed by atoms with Crippen LogP contribution in [-0.4, -0.2) is 25.2 Å². The van der Waals surface area contributed by atoms with Crippen molar-refractivity contribution in [2.24, 2.45) is 0 Å². The Labute approximate surface area is 154 Å². The summed E-state index contributed by atoms with van der Waals surface area (Å²) in [5.41, 5.74) is 0. The molecule has 0 radical (unpaired) electrons. The van der Waals surface area contributed by atoms with E-state index in [1.807, 2.05) is 0 Å². The summed E-state index contributed by atoms with van der Waals surface area (Å²) in [6, 6.07) is 0. The number of hydrogen-bond acceptors (Lipinski definition) is 4. The maximum Gasteiger partial charge on any atom is 0.305 e. The first kappa shape index (κ1) is 23.7. The van der Waals surface area contributed by atoms with Crippen molar-refractivity contribution in [2.45, 2.75) is 103 Å². The fourth-order valence-corrected chi connectivity index (χ4v) is 2.79. The van der Waals surface area contributed by atoms with E-state index in [1.54, 1.807) is 0 Å². The summed E-state index contributed by atoms with van der Waals surface area (Å²) in [4.78, 5) is 22.2. The Morgan fingerprint density at radius 2 is 1.60 bits per heavy atom. The van der Waals surface area contributed by atoms with E-state index in [9.17, 15) is 9.59 Å². The average molecular weight is 355 g/mol. The van der Waals surface area contributed by atoms with Crippen LogP contribution in [0.25, 0.3) is 0 Å². The number of unbranched alkanes of at least 4 members (excludes halogenated alkanes) is 8. The second kappa shape index (κ2) is 17.5. The smallest absolute Gasteiger partial charge is 0.305 e. The zero-order chi connectivity index (χ0) is 18.8. The van der Waals surface area contributed by atoms with E-state index in [2.05, 4.69) is 23.8 Å². The molecule has 0 aliphatic heterocycles. The van der Waals surface area contributed by atoms with E-state index in [0.29, 0.717) is 6.42 Å². The summed E-state index contributed by atoms with van der Waals surface area (Å²) in [7, 11) is 1.44. The predicted octanol–water partition coefficient (Wildman–Crippen LogP) is 5.74. The Bertz CT molecular complexity index is 363. The highest BCUT2D eigenvalue weighted by molar-refractivity contribution is 5.68. The van der Waals surface area contributed by atoms with Crippen molar-refractivity contribution in [3.8, 4) is 0 Å². The largest absolute Gasteiger partial charge is 0.469 e. The molecule has 0 aromatic heterocycles. The fourth-order valence-electron chi connectivity index (χ4n) is 2.79. The molecule has 0 aromatic carbocycles. The third kappa shape index (κ3) is 17.3. The molecule has 0 N–H and O–H groups in total. The quantitative estimate of drug-likeness (QED) is 0.201. The van der Waals surface area contributed by atoms with Crippen LogP contribution in [0.15, 0.2) is 12.2 Å². The van der Waals surface area contributed by atoms with E-state index < -0.39 is 0 Å². The van der Waals surface area contributed by atoms with Gasteiger partial charge in [0.2, 0.25) is 0 Å². The Hall–Kier alpha value is -1.32. The average Bonchev–Trinajstić information content (AvgIpc) is 2.59. The first-order valence-corrected chi connectivity index (χ1v) is 9.99. The van der Waals surface area contributed by atoms with E-state index in [-0.39, 0.29) is 18.0 Å². The minimum atomic E-state index is -0.180. The lowest BCUT2D eigenvalue weighted by Crippen LogP contribution is -2.15. The van der Waals surface area contributed by atoms with E-state index in [0.717, 1.165) is 38.5 Å². The molecule has 0 fully saturated rings. The summed E-state index contributed by atoms with van der Waals surface area (Å²) in [5.74, 6) is -0.291. The van der Waals surface area contributed by atoms with Gasteiger partial charge in [0, 0.05) is 19.8 Å². The second-order valence-electron chi connectivity index (χ2n) is 6.67. The van der Waals surface area contributed by atoms with Gasteiger partial charge < -0.3 is 9.47 Å². The van der Waals surface area contributed by atoms with Crippen LogP contribution in [-0.2, 0) is 19.1 Å². The third-order valence-electron chi connectivity index (χ3n) is 4.26. The number of ether oxygens (including phenoxy) is 2. The van der Waals surface area contributed by atoms with Crippen molar-refractivity contribution in [1.29, 1.82) is 0 Å². The lowest BCUT2D eigenvalue weighted by atomic mass is 10.1. The SMILES string of the molecule is CCCCCCC(C/C=C/CCCCCCCC(=O)OC)OC(C)=O. The Kier molecular flexibility index (Phi) is 16.6. The summed E-state index contributed by atoms with van der Waals surface area (Å²) in [6.07, 6.45) is 18.1. The molecular formula is C21H38O4. The molecule has 4 heteroatoms. The molecule has 1 unspecified atom stereocenters. The number of rotatable bonds is 16. The standard InChI is InChI=1S/C21H38O4/c1-4-5-6-13-16-20(25-19(2)22)17-14-11-9-7-8-10-12-15-18-21(23)24-3/h11,14,20H,4-10,12-13,15-18H2,1-3H3/b14-11+. The molecular weight excluding hydrogens is 316 g/mol. The molecule has 0 aliphatic carbocycles. The number of carbonyl (C=O) groups is 2. The maximum absolute atomic E-state index is 11.2. The minimum absolute atomic E-state index is 0.0314. The molecule has 1 atom stereocenters. The number of methoxy groups -OCH3 is 1. The maximum atomic E-state index is 11.2. The minimum Gasteiger partial charge on any atom is -0.469 e. The van der Waals surface area contributed by atoms with Crippen molar-refractivity contribution >= 4 is 11.9 Å². The molecule has 4 nitrogen and oxygen atoms in total. The van der Waals surface area contributed by atoms with E-state index in [4.69, 9.17) is 4.74 Å². The van der Waals surface area contributed by atoms with Crippen molar-refractivity contribution < 1.29 is 19.1 Å². The van der Waals surface area contributed by atoms with Gasteiger partial charge in [-0.15, -0.1) is 0 Å². The first-order valence-electron chi connectivity index (χ1n) is 9.99. The normalized spacial score (nSPS) is 12.3. The molecule has 0 saturated heterocycles. The Balaban J connectivity index is 3.68. The van der Waals surface area contributed by atoms with Gasteiger partial charge in [-0.1, -0.05) is 57.6 Å². The molecule has 0 spiro atoms. The molecule has 0 bridgehead atoms. The molecule has 25 heavy (non-hydrogen) atoms. The predicted molar refractivity (Wildman–Crippen MR) is 102 cm³/mol. The van der Waals surface area contributed by atoms with Gasteiger partial charge in [0.25, 0.3) is 0 Å². The topological polar surface area (TPSA) is 52.6 Å². The number of hydrogen-bond donors (Lipinski definition) is 0. The molecule has 0 saturated carbocycles. The number of esters is 2. The van der Waals surface area contributed by atoms with Gasteiger partial charge in [0.15, 0.2) is 0 Å². The van der Waals surface area contributed by atoms with Gasteiger partial charge in [0.1, 0.15) is 6.10 Å². The Morgan fingerprint density at radius 3 is 2.28 bits per heavy atom. The summed E-state index contributed by atoms with van der Waals surface area (Å²) in [6.45, 7) is 3.69. The highest BCUT2D eigenvalue weighted by atomic mass is 16.5. The van der Waals surface area contributed by atoms with Crippen LogP contribution in [0.4, 0.5) is 0 Å². The highest BCUT2D eigenvalue weighted by Crippen LogP contribution is 2.13. The van der Waals surface area contributed by atoms with Crippen molar-refractivity contribution in [2.75, 3.05) is 7.11 Å². The lowest BCUT2D eigenvalue weighted by molar-refractivity contribution is -0.146. The summed E-state index contributed by atoms with van der Waals surface area (Å²) < 4.78 is 10.0. The van der Waals surface area contributed by atoms with Crippen LogP contribution in [0.3, 0.4) is 0 Å². The molecule has 0 aliphatic rings.